The number of nitrogens with one attached hydrogen (secondary N) is 3. The fourth-order valence-electron chi connectivity index (χ4n) is 7.96. The molecule has 1 aromatic heterocycles. The Balaban J connectivity index is 1.28. The van der Waals surface area contributed by atoms with Gasteiger partial charge < -0.3 is 31.1 Å². The summed E-state index contributed by atoms with van der Waals surface area (Å²) in [5.41, 5.74) is 2.94. The number of amides is 4. The quantitative estimate of drug-likeness (QED) is 0.158. The van der Waals surface area contributed by atoms with E-state index < -0.39 is 68.7 Å². The fourth-order valence-corrected chi connectivity index (χ4v) is 9.07. The lowest BCUT2D eigenvalue weighted by molar-refractivity contribution is -0.147. The lowest BCUT2D eigenvalue weighted by Crippen LogP contribution is -2.64. The molecular formula is C37H52N8O9S. The summed E-state index contributed by atoms with van der Waals surface area (Å²) in [5.74, 6) is -3.51. The van der Waals surface area contributed by atoms with Gasteiger partial charge in [0.15, 0.2) is 0 Å². The molecule has 2 saturated carbocycles. The third-order valence-corrected chi connectivity index (χ3v) is 12.8. The lowest BCUT2D eigenvalue weighted by Gasteiger charge is -2.37. The van der Waals surface area contributed by atoms with Gasteiger partial charge in [-0.15, -0.1) is 5.10 Å². The lowest BCUT2D eigenvalue weighted by atomic mass is 9.84. The van der Waals surface area contributed by atoms with E-state index >= 15 is 0 Å². The van der Waals surface area contributed by atoms with Crippen molar-refractivity contribution in [3.05, 3.63) is 41.7 Å². The van der Waals surface area contributed by atoms with Crippen LogP contribution in [0.2, 0.25) is 0 Å². The highest BCUT2D eigenvalue weighted by Gasteiger charge is 2.49. The second kappa shape index (κ2) is 16.5. The average molecular weight is 785 g/mol. The van der Waals surface area contributed by atoms with Crippen LogP contribution in [0, 0.1) is 11.8 Å². The highest BCUT2D eigenvalue weighted by atomic mass is 32.2. The Morgan fingerprint density at radius 3 is 2.31 bits per heavy atom. The number of ketones is 1. The molecule has 2 saturated heterocycles. The molecule has 4 aliphatic rings. The largest absolute Gasteiger partial charge is 0.384 e. The van der Waals surface area contributed by atoms with Crippen LogP contribution in [0.4, 0.5) is 0 Å². The van der Waals surface area contributed by atoms with E-state index in [1.165, 1.54) is 40.0 Å². The zero-order chi connectivity index (χ0) is 39.5. The number of primary amides is 1. The predicted octanol–water partition coefficient (Wildman–Crippen LogP) is 0.825. The Labute approximate surface area is 320 Å². The zero-order valence-electron chi connectivity index (χ0n) is 31.4. The minimum Gasteiger partial charge on any atom is -0.384 e. The number of aliphatic hydroxyl groups is 1. The van der Waals surface area contributed by atoms with Crippen LogP contribution >= 0.6 is 0 Å². The molecule has 0 radical (unpaired) electrons. The van der Waals surface area contributed by atoms with Gasteiger partial charge in [0.2, 0.25) is 27.6 Å². The van der Waals surface area contributed by atoms with Crippen molar-refractivity contribution >= 4 is 39.4 Å². The molecule has 6 N–H and O–H groups in total. The van der Waals surface area contributed by atoms with E-state index in [-0.39, 0.29) is 55.4 Å². The minimum atomic E-state index is -3.76. The number of ether oxygens (including phenoxy) is 1. The van der Waals surface area contributed by atoms with Gasteiger partial charge in [-0.05, 0) is 69.2 Å². The molecule has 1 aromatic carbocycles. The normalized spacial score (nSPS) is 22.5. The van der Waals surface area contributed by atoms with Gasteiger partial charge in [-0.2, -0.15) is 0 Å². The van der Waals surface area contributed by atoms with Crippen molar-refractivity contribution in [2.75, 3.05) is 26.3 Å². The number of Topliss-reactive ketones (excluding diaryl/α,β-unsaturated/α-hetero) is 1. The molecule has 17 nitrogen and oxygen atoms in total. The van der Waals surface area contributed by atoms with Gasteiger partial charge in [0.05, 0.1) is 22.8 Å². The minimum absolute atomic E-state index is 0.00751. The van der Waals surface area contributed by atoms with Crippen LogP contribution in [0.25, 0.3) is 0 Å². The molecular weight excluding hydrogens is 733 g/mol. The molecule has 300 valence electrons. The first-order chi connectivity index (χ1) is 26.1. The van der Waals surface area contributed by atoms with E-state index in [1.807, 2.05) is 0 Å². The molecule has 4 fully saturated rings. The van der Waals surface area contributed by atoms with E-state index in [9.17, 15) is 37.5 Å². The molecule has 2 aromatic rings. The summed E-state index contributed by atoms with van der Waals surface area (Å²) in [6.07, 6.45) is 8.47. The van der Waals surface area contributed by atoms with Crippen LogP contribution < -0.4 is 21.1 Å². The average Bonchev–Trinajstić information content (AvgIpc) is 3.65. The number of carbonyl (C=O) groups is 5. The van der Waals surface area contributed by atoms with Crippen LogP contribution in [-0.4, -0.2) is 107 Å². The van der Waals surface area contributed by atoms with E-state index in [0.29, 0.717) is 24.6 Å². The van der Waals surface area contributed by atoms with Crippen molar-refractivity contribution in [2.45, 2.75) is 119 Å². The first kappa shape index (κ1) is 40.4. The monoisotopic (exact) mass is 784 g/mol. The Morgan fingerprint density at radius 1 is 1.02 bits per heavy atom. The number of aromatic nitrogens is 3. The summed E-state index contributed by atoms with van der Waals surface area (Å²) in [6.45, 7) is 3.65. The predicted molar refractivity (Wildman–Crippen MR) is 196 cm³/mol. The maximum Gasteiger partial charge on any atom is 0.287 e. The number of hydrogen-bond acceptors (Lipinski definition) is 11. The van der Waals surface area contributed by atoms with E-state index in [4.69, 9.17) is 10.5 Å². The molecule has 55 heavy (non-hydrogen) atoms. The first-order valence-corrected chi connectivity index (χ1v) is 20.6. The summed E-state index contributed by atoms with van der Waals surface area (Å²) in [7, 11) is -3.76. The Kier molecular flexibility index (Phi) is 12.1. The highest BCUT2D eigenvalue weighted by Crippen LogP contribution is 2.34. The number of rotatable bonds is 15. The van der Waals surface area contributed by atoms with Gasteiger partial charge in [0, 0.05) is 51.1 Å². The second-order valence-electron chi connectivity index (χ2n) is 16.0. The van der Waals surface area contributed by atoms with Gasteiger partial charge in [0.1, 0.15) is 23.2 Å². The third-order valence-electron chi connectivity index (χ3n) is 11.4. The molecule has 3 atom stereocenters. The topological polar surface area (TPSA) is 245 Å². The summed E-state index contributed by atoms with van der Waals surface area (Å²) >= 11 is 0. The number of hydrogen-bond donors (Lipinski definition) is 5. The first-order valence-electron chi connectivity index (χ1n) is 19.2. The summed E-state index contributed by atoms with van der Waals surface area (Å²) < 4.78 is 35.1. The smallest absolute Gasteiger partial charge is 0.287 e. The molecule has 2 aliphatic carbocycles. The maximum absolute atomic E-state index is 14.8. The standard InChI is InChI=1S/C37H52N8O9S/c1-36(2,51)30-21-39-43-45(30)26-19-29(34(49)42-37(31(46)32(38)47)14-16-54-17-15-37)44(22-26)35(50)28(18-23-6-4-3-5-7-23)41-33(48)25-10-12-27(13-11-25)55(52,53)40-20-24-8-9-24/h10-13,21,23-24,26,28-29,40,51H,3-9,14-20,22H2,1-2H3,(H2,38,47)(H,41,48)(H,42,49)/t26-,28?,29-/m0/s1. The van der Waals surface area contributed by atoms with E-state index in [0.717, 1.165) is 44.9 Å². The number of nitrogens with two attached hydrogens (primary N) is 1. The molecule has 4 amide bonds. The van der Waals surface area contributed by atoms with Crippen LogP contribution in [0.15, 0.2) is 35.4 Å². The number of benzene rings is 1. The van der Waals surface area contributed by atoms with Crippen molar-refractivity contribution in [3.8, 4) is 0 Å². The molecule has 18 heteroatoms. The zero-order valence-corrected chi connectivity index (χ0v) is 32.2. The van der Waals surface area contributed by atoms with Crippen LogP contribution in [0.3, 0.4) is 0 Å². The summed E-state index contributed by atoms with van der Waals surface area (Å²) in [5, 5.41) is 24.7. The van der Waals surface area contributed by atoms with Gasteiger partial charge in [-0.25, -0.2) is 17.8 Å². The number of nitrogens with zero attached hydrogens (tertiary/aromatic N) is 4. The van der Waals surface area contributed by atoms with Crippen LogP contribution in [0.1, 0.15) is 107 Å². The van der Waals surface area contributed by atoms with Crippen molar-refractivity contribution in [1.82, 2.24) is 35.2 Å². The van der Waals surface area contributed by atoms with E-state index in [2.05, 4.69) is 25.7 Å². The molecule has 3 heterocycles. The highest BCUT2D eigenvalue weighted by molar-refractivity contribution is 7.89. The van der Waals surface area contributed by atoms with E-state index in [1.54, 1.807) is 13.8 Å². The Morgan fingerprint density at radius 2 is 1.69 bits per heavy atom. The number of carbonyl (C=O) groups excluding carboxylic acids is 5. The van der Waals surface area contributed by atoms with Crippen molar-refractivity contribution in [3.63, 3.8) is 0 Å². The number of sulfonamides is 1. The van der Waals surface area contributed by atoms with Crippen LogP contribution in [0.5, 0.6) is 0 Å². The molecule has 2 aliphatic heterocycles. The second-order valence-corrected chi connectivity index (χ2v) is 17.7. The van der Waals surface area contributed by atoms with Crippen molar-refractivity contribution in [1.29, 1.82) is 0 Å². The Bertz CT molecular complexity index is 1860. The SMILES string of the molecule is CC(C)(O)c1cnnn1[C@H]1C[C@@H](C(=O)NC2(C(=O)C(N)=O)CCOCC2)N(C(=O)C(CC2CCCCC2)NC(=O)c2ccc(S(=O)(=O)NCC3CC3)cc2)C1. The van der Waals surface area contributed by atoms with Crippen molar-refractivity contribution < 1.29 is 42.2 Å². The maximum atomic E-state index is 14.8. The molecule has 0 bridgehead atoms. The summed E-state index contributed by atoms with van der Waals surface area (Å²) in [4.78, 5) is 69.6. The van der Waals surface area contributed by atoms with Gasteiger partial charge in [0.25, 0.3) is 11.8 Å². The van der Waals surface area contributed by atoms with Gasteiger partial charge >= 0.3 is 0 Å². The molecule has 6 rings (SSSR count). The van der Waals surface area contributed by atoms with Crippen molar-refractivity contribution in [2.24, 2.45) is 17.6 Å². The Hall–Kier alpha value is -4.26. The summed E-state index contributed by atoms with van der Waals surface area (Å²) in [6, 6.07) is 2.64. The third kappa shape index (κ3) is 9.41. The fraction of sp³-hybridized carbons (Fsp3) is 0.649. The van der Waals surface area contributed by atoms with Gasteiger partial charge in [-0.1, -0.05) is 37.3 Å². The van der Waals surface area contributed by atoms with Crippen LogP contribution in [-0.2, 0) is 39.5 Å². The molecule has 1 unspecified atom stereocenters. The van der Waals surface area contributed by atoms with Gasteiger partial charge in [-0.3, -0.25) is 24.0 Å². The number of likely N-dealkylation sites (tertiary alicyclic amines) is 1. The molecule has 0 spiro atoms.